The average Bonchev–Trinajstić information content (AvgIpc) is 2.84. The lowest BCUT2D eigenvalue weighted by Gasteiger charge is -2.14. The Bertz CT molecular complexity index is 408. The summed E-state index contributed by atoms with van der Waals surface area (Å²) < 4.78 is 4.88. The molecule has 2 rings (SSSR count). The van der Waals surface area contributed by atoms with Crippen molar-refractivity contribution >= 4 is 11.7 Å². The molecule has 18 heavy (non-hydrogen) atoms. The molecule has 1 aromatic heterocycles. The smallest absolute Gasteiger partial charge is 0.226 e. The minimum Gasteiger partial charge on any atom is -0.360 e. The lowest BCUT2D eigenvalue weighted by molar-refractivity contribution is -0.116. The van der Waals surface area contributed by atoms with Crippen molar-refractivity contribution in [3.05, 3.63) is 11.8 Å². The Morgan fingerprint density at radius 1 is 1.67 bits per heavy atom. The van der Waals surface area contributed by atoms with Crippen LogP contribution >= 0.6 is 0 Å². The fourth-order valence-electron chi connectivity index (χ4n) is 2.17. The zero-order chi connectivity index (χ0) is 13.1. The Morgan fingerprint density at radius 2 is 2.44 bits per heavy atom. The summed E-state index contributed by atoms with van der Waals surface area (Å²) in [5.74, 6) is 1.62. The number of likely N-dealkylation sites (tertiary alicyclic amines) is 1. The maximum Gasteiger partial charge on any atom is 0.226 e. The number of hydrogen-bond donors (Lipinski definition) is 2. The van der Waals surface area contributed by atoms with E-state index in [1.165, 1.54) is 0 Å². The highest BCUT2D eigenvalue weighted by Crippen LogP contribution is 2.14. The van der Waals surface area contributed by atoms with E-state index in [4.69, 9.17) is 10.3 Å². The minimum absolute atomic E-state index is 0.0450. The summed E-state index contributed by atoms with van der Waals surface area (Å²) in [6, 6.07) is 1.93. The second-order valence-electron chi connectivity index (χ2n) is 5.02. The van der Waals surface area contributed by atoms with Crippen LogP contribution in [0, 0.1) is 12.8 Å². The van der Waals surface area contributed by atoms with Crippen molar-refractivity contribution in [1.29, 1.82) is 0 Å². The van der Waals surface area contributed by atoms with E-state index in [1.54, 1.807) is 13.0 Å². The fourth-order valence-corrected chi connectivity index (χ4v) is 2.17. The highest BCUT2D eigenvalue weighted by molar-refractivity contribution is 5.89. The molecule has 0 aromatic carbocycles. The number of carbonyl (C=O) groups is 1. The first kappa shape index (κ1) is 13.0. The number of hydrogen-bond acceptors (Lipinski definition) is 5. The van der Waals surface area contributed by atoms with E-state index in [0.29, 0.717) is 23.9 Å². The number of nitrogens with zero attached hydrogens (tertiary/aromatic N) is 2. The summed E-state index contributed by atoms with van der Waals surface area (Å²) in [4.78, 5) is 13.9. The first-order chi connectivity index (χ1) is 8.54. The molecule has 100 valence electrons. The number of amides is 1. The van der Waals surface area contributed by atoms with Crippen LogP contribution in [0.25, 0.3) is 0 Å². The van der Waals surface area contributed by atoms with Crippen LogP contribution in [0.1, 0.15) is 19.1 Å². The number of nitrogens with two attached hydrogens (primary N) is 1. The van der Waals surface area contributed by atoms with Gasteiger partial charge in [0, 0.05) is 38.2 Å². The van der Waals surface area contributed by atoms with E-state index < -0.39 is 0 Å². The number of aryl methyl sites for hydroxylation is 1. The molecule has 6 nitrogen and oxygen atoms in total. The Morgan fingerprint density at radius 3 is 3.00 bits per heavy atom. The lowest BCUT2D eigenvalue weighted by Crippen LogP contribution is -2.30. The van der Waals surface area contributed by atoms with Gasteiger partial charge in [-0.25, -0.2) is 0 Å². The predicted octanol–water partition coefficient (Wildman–Crippen LogP) is 0.591. The molecule has 1 saturated heterocycles. The molecule has 6 heteroatoms. The topological polar surface area (TPSA) is 84.4 Å². The number of aromatic nitrogens is 1. The molecule has 1 aliphatic heterocycles. The molecule has 0 bridgehead atoms. The van der Waals surface area contributed by atoms with Gasteiger partial charge in [0.25, 0.3) is 0 Å². The highest BCUT2D eigenvalue weighted by Gasteiger charge is 2.26. The molecule has 1 amide bonds. The number of carbonyl (C=O) groups excluding carboxylic acids is 1. The molecule has 3 N–H and O–H groups in total. The molecule has 2 atom stereocenters. The van der Waals surface area contributed by atoms with E-state index in [2.05, 4.69) is 22.3 Å². The highest BCUT2D eigenvalue weighted by atomic mass is 16.5. The second kappa shape index (κ2) is 5.49. The van der Waals surface area contributed by atoms with E-state index in [9.17, 15) is 4.79 Å². The van der Waals surface area contributed by atoms with Crippen molar-refractivity contribution in [2.24, 2.45) is 11.7 Å². The maximum absolute atomic E-state index is 11.7. The molecule has 0 radical (unpaired) electrons. The van der Waals surface area contributed by atoms with Gasteiger partial charge in [0.05, 0.1) is 0 Å². The molecule has 1 aliphatic rings. The van der Waals surface area contributed by atoms with Gasteiger partial charge in [-0.1, -0.05) is 12.1 Å². The summed E-state index contributed by atoms with van der Waals surface area (Å²) in [5, 5.41) is 6.43. The van der Waals surface area contributed by atoms with Crippen LogP contribution in [0.2, 0.25) is 0 Å². The minimum atomic E-state index is -0.0450. The zero-order valence-electron chi connectivity index (χ0n) is 10.8. The van der Waals surface area contributed by atoms with Gasteiger partial charge in [-0.2, -0.15) is 0 Å². The summed E-state index contributed by atoms with van der Waals surface area (Å²) in [6.45, 7) is 6.51. The first-order valence-electron chi connectivity index (χ1n) is 6.25. The molecule has 0 saturated carbocycles. The molecule has 0 aliphatic carbocycles. The van der Waals surface area contributed by atoms with E-state index >= 15 is 0 Å². The molecular weight excluding hydrogens is 232 g/mol. The summed E-state index contributed by atoms with van der Waals surface area (Å²) in [5.41, 5.74) is 5.94. The van der Waals surface area contributed by atoms with E-state index in [1.807, 2.05) is 0 Å². The van der Waals surface area contributed by atoms with Gasteiger partial charge in [0.15, 0.2) is 5.82 Å². The molecule has 1 aromatic rings. The van der Waals surface area contributed by atoms with Crippen molar-refractivity contribution < 1.29 is 9.32 Å². The van der Waals surface area contributed by atoms with Crippen LogP contribution in [-0.4, -0.2) is 41.6 Å². The van der Waals surface area contributed by atoms with Gasteiger partial charge in [-0.15, -0.1) is 0 Å². The second-order valence-corrected chi connectivity index (χ2v) is 5.02. The molecule has 1 fully saturated rings. The van der Waals surface area contributed by atoms with Crippen molar-refractivity contribution in [2.45, 2.75) is 26.3 Å². The largest absolute Gasteiger partial charge is 0.360 e. The zero-order valence-corrected chi connectivity index (χ0v) is 10.8. The lowest BCUT2D eigenvalue weighted by atomic mass is 10.1. The monoisotopic (exact) mass is 252 g/mol. The van der Waals surface area contributed by atoms with Gasteiger partial charge in [0.1, 0.15) is 5.76 Å². The van der Waals surface area contributed by atoms with Gasteiger partial charge < -0.3 is 20.5 Å². The van der Waals surface area contributed by atoms with Crippen LogP contribution in [-0.2, 0) is 4.79 Å². The van der Waals surface area contributed by atoms with Crippen LogP contribution in [0.4, 0.5) is 5.82 Å². The third-order valence-corrected chi connectivity index (χ3v) is 3.30. The van der Waals surface area contributed by atoms with Crippen molar-refractivity contribution in [3.63, 3.8) is 0 Å². The van der Waals surface area contributed by atoms with Crippen molar-refractivity contribution in [3.8, 4) is 0 Å². The van der Waals surface area contributed by atoms with Gasteiger partial charge in [0.2, 0.25) is 5.91 Å². The SMILES string of the molecule is Cc1cc(NC(=O)CCN2CC(C)C(N)C2)no1. The number of rotatable bonds is 4. The first-order valence-corrected chi connectivity index (χ1v) is 6.25. The normalized spacial score (nSPS) is 24.4. The van der Waals surface area contributed by atoms with Crippen LogP contribution < -0.4 is 11.1 Å². The Labute approximate surface area is 106 Å². The number of nitrogens with one attached hydrogen (secondary N) is 1. The quantitative estimate of drug-likeness (QED) is 0.819. The summed E-state index contributed by atoms with van der Waals surface area (Å²) in [7, 11) is 0. The van der Waals surface area contributed by atoms with Gasteiger partial charge in [-0.3, -0.25) is 4.79 Å². The molecule has 0 spiro atoms. The van der Waals surface area contributed by atoms with Crippen molar-refractivity contribution in [1.82, 2.24) is 10.1 Å². The van der Waals surface area contributed by atoms with E-state index in [-0.39, 0.29) is 11.9 Å². The van der Waals surface area contributed by atoms with Crippen LogP contribution in [0.5, 0.6) is 0 Å². The number of anilines is 1. The molecular formula is C12H20N4O2. The predicted molar refractivity (Wildman–Crippen MR) is 68.1 cm³/mol. The molecule has 2 heterocycles. The Kier molecular flexibility index (Phi) is 3.98. The maximum atomic E-state index is 11.7. The van der Waals surface area contributed by atoms with E-state index in [0.717, 1.165) is 19.6 Å². The summed E-state index contributed by atoms with van der Waals surface area (Å²) in [6.07, 6.45) is 0.450. The van der Waals surface area contributed by atoms with Crippen LogP contribution in [0.15, 0.2) is 10.6 Å². The standard InChI is InChI=1S/C12H20N4O2/c1-8-6-16(7-10(8)13)4-3-12(17)14-11-5-9(2)18-15-11/h5,8,10H,3-4,6-7,13H2,1-2H3,(H,14,15,17). The molecule has 2 unspecified atom stereocenters. The van der Waals surface area contributed by atoms with Gasteiger partial charge in [-0.05, 0) is 12.8 Å². The van der Waals surface area contributed by atoms with Crippen LogP contribution in [0.3, 0.4) is 0 Å². The summed E-state index contributed by atoms with van der Waals surface area (Å²) >= 11 is 0. The fraction of sp³-hybridized carbons (Fsp3) is 0.667. The third-order valence-electron chi connectivity index (χ3n) is 3.30. The Hall–Kier alpha value is -1.40. The van der Waals surface area contributed by atoms with Gasteiger partial charge >= 0.3 is 0 Å². The average molecular weight is 252 g/mol. The Balaban J connectivity index is 1.72. The van der Waals surface area contributed by atoms with Crippen molar-refractivity contribution in [2.75, 3.05) is 25.0 Å². The third kappa shape index (κ3) is 3.30.